The number of aromatic nitrogens is 3. The zero-order valence-electron chi connectivity index (χ0n) is 11.4. The molecule has 2 unspecified atom stereocenters. The molecule has 2 atom stereocenters. The summed E-state index contributed by atoms with van der Waals surface area (Å²) < 4.78 is 1.76. The number of nitrogens with two attached hydrogens (primary N) is 1. The van der Waals surface area contributed by atoms with Gasteiger partial charge in [0.2, 0.25) is 11.9 Å². The number of carbonyl (C=O) groups is 1. The van der Waals surface area contributed by atoms with Gasteiger partial charge in [-0.1, -0.05) is 12.5 Å². The molecular weight excluding hydrogens is 313 g/mol. The molecule has 2 aromatic heterocycles. The standard InChI is InChI=1S/C13H17N5O.2ClH/c14-10-5-3-4-9(8-10)12(19)15-13-17-16-11-6-1-2-7-18(11)13;;/h1-2,6-7,9-10H,3-5,8,14H2,(H,15,17,19);2*1H. The predicted molar refractivity (Wildman–Crippen MR) is 86.0 cm³/mol. The summed E-state index contributed by atoms with van der Waals surface area (Å²) in [5, 5.41) is 10.9. The van der Waals surface area contributed by atoms with Gasteiger partial charge in [0.05, 0.1) is 0 Å². The van der Waals surface area contributed by atoms with E-state index in [0.29, 0.717) is 5.95 Å². The minimum atomic E-state index is -0.0141. The van der Waals surface area contributed by atoms with E-state index in [4.69, 9.17) is 5.73 Å². The maximum absolute atomic E-state index is 12.2. The number of amides is 1. The molecule has 1 saturated carbocycles. The van der Waals surface area contributed by atoms with Crippen LogP contribution in [0.25, 0.3) is 5.65 Å². The van der Waals surface area contributed by atoms with E-state index in [2.05, 4.69) is 15.5 Å². The van der Waals surface area contributed by atoms with Crippen molar-refractivity contribution in [1.29, 1.82) is 0 Å². The van der Waals surface area contributed by atoms with Crippen LogP contribution in [0.3, 0.4) is 0 Å². The molecule has 0 saturated heterocycles. The van der Waals surface area contributed by atoms with Gasteiger partial charge in [-0.2, -0.15) is 0 Å². The summed E-state index contributed by atoms with van der Waals surface area (Å²) in [5.41, 5.74) is 6.63. The minimum Gasteiger partial charge on any atom is -0.328 e. The fourth-order valence-corrected chi connectivity index (χ4v) is 2.60. The molecule has 116 valence electrons. The maximum Gasteiger partial charge on any atom is 0.235 e. The maximum atomic E-state index is 12.2. The molecule has 3 rings (SSSR count). The van der Waals surface area contributed by atoms with E-state index in [1.54, 1.807) is 4.40 Å². The number of fused-ring (bicyclic) bond motifs is 1. The van der Waals surface area contributed by atoms with E-state index in [-0.39, 0.29) is 42.7 Å². The second kappa shape index (κ2) is 7.59. The third-order valence-corrected chi connectivity index (χ3v) is 3.63. The van der Waals surface area contributed by atoms with Crippen LogP contribution in [0.15, 0.2) is 24.4 Å². The summed E-state index contributed by atoms with van der Waals surface area (Å²) in [6.07, 6.45) is 5.51. The van der Waals surface area contributed by atoms with Crippen molar-refractivity contribution in [1.82, 2.24) is 14.6 Å². The number of halogens is 2. The largest absolute Gasteiger partial charge is 0.328 e. The Balaban J connectivity index is 0.00000110. The third kappa shape index (κ3) is 3.84. The molecule has 0 aromatic carbocycles. The molecule has 1 aliphatic rings. The Kier molecular flexibility index (Phi) is 6.39. The van der Waals surface area contributed by atoms with E-state index in [1.807, 2.05) is 24.4 Å². The third-order valence-electron chi connectivity index (χ3n) is 3.63. The van der Waals surface area contributed by atoms with Crippen LogP contribution < -0.4 is 11.1 Å². The summed E-state index contributed by atoms with van der Waals surface area (Å²) in [4.78, 5) is 12.2. The Labute approximate surface area is 135 Å². The number of nitrogens with zero attached hydrogens (tertiary/aromatic N) is 3. The first-order valence-electron chi connectivity index (χ1n) is 6.60. The molecule has 2 heterocycles. The van der Waals surface area contributed by atoms with Crippen molar-refractivity contribution < 1.29 is 4.79 Å². The smallest absolute Gasteiger partial charge is 0.235 e. The lowest BCUT2D eigenvalue weighted by atomic mass is 9.85. The summed E-state index contributed by atoms with van der Waals surface area (Å²) in [6, 6.07) is 5.75. The highest BCUT2D eigenvalue weighted by molar-refractivity contribution is 5.91. The molecule has 8 heteroatoms. The zero-order valence-corrected chi connectivity index (χ0v) is 13.1. The molecule has 1 aliphatic carbocycles. The Morgan fingerprint density at radius 3 is 2.86 bits per heavy atom. The Hall–Kier alpha value is -1.37. The van der Waals surface area contributed by atoms with Gasteiger partial charge in [-0.15, -0.1) is 35.0 Å². The zero-order chi connectivity index (χ0) is 13.2. The van der Waals surface area contributed by atoms with Crippen molar-refractivity contribution in [2.75, 3.05) is 5.32 Å². The average Bonchev–Trinajstić information content (AvgIpc) is 2.82. The van der Waals surface area contributed by atoms with Crippen LogP contribution in [-0.4, -0.2) is 26.5 Å². The van der Waals surface area contributed by atoms with Gasteiger partial charge in [0.15, 0.2) is 5.65 Å². The number of anilines is 1. The van der Waals surface area contributed by atoms with Crippen LogP contribution in [0.4, 0.5) is 5.95 Å². The van der Waals surface area contributed by atoms with Crippen LogP contribution >= 0.6 is 24.8 Å². The Morgan fingerprint density at radius 2 is 2.10 bits per heavy atom. The van der Waals surface area contributed by atoms with E-state index < -0.39 is 0 Å². The van der Waals surface area contributed by atoms with Crippen molar-refractivity contribution in [2.24, 2.45) is 11.7 Å². The molecule has 0 spiro atoms. The van der Waals surface area contributed by atoms with Gasteiger partial charge in [0.1, 0.15) is 0 Å². The Bertz CT molecular complexity index is 603. The molecule has 1 fully saturated rings. The molecule has 1 amide bonds. The lowest BCUT2D eigenvalue weighted by molar-refractivity contribution is -0.120. The Morgan fingerprint density at radius 1 is 1.29 bits per heavy atom. The molecule has 6 nitrogen and oxygen atoms in total. The second-order valence-corrected chi connectivity index (χ2v) is 5.07. The van der Waals surface area contributed by atoms with Crippen LogP contribution in [0.5, 0.6) is 0 Å². The van der Waals surface area contributed by atoms with Gasteiger partial charge in [0.25, 0.3) is 0 Å². The van der Waals surface area contributed by atoms with Crippen molar-refractivity contribution >= 4 is 42.3 Å². The van der Waals surface area contributed by atoms with Crippen molar-refractivity contribution in [3.05, 3.63) is 24.4 Å². The quantitative estimate of drug-likeness (QED) is 0.881. The van der Waals surface area contributed by atoms with E-state index in [9.17, 15) is 4.79 Å². The second-order valence-electron chi connectivity index (χ2n) is 5.07. The number of rotatable bonds is 2. The minimum absolute atomic E-state index is 0. The van der Waals surface area contributed by atoms with Gasteiger partial charge in [-0.3, -0.25) is 14.5 Å². The number of nitrogens with one attached hydrogen (secondary N) is 1. The van der Waals surface area contributed by atoms with Gasteiger partial charge >= 0.3 is 0 Å². The van der Waals surface area contributed by atoms with Gasteiger partial charge in [-0.25, -0.2) is 0 Å². The van der Waals surface area contributed by atoms with Gasteiger partial charge in [0, 0.05) is 18.2 Å². The van der Waals surface area contributed by atoms with Crippen LogP contribution in [0.1, 0.15) is 25.7 Å². The number of hydrogen-bond donors (Lipinski definition) is 2. The lowest BCUT2D eigenvalue weighted by Gasteiger charge is -2.25. The molecule has 2 aromatic rings. The molecular formula is C13H19Cl2N5O. The molecule has 0 bridgehead atoms. The van der Waals surface area contributed by atoms with Crippen LogP contribution in [0, 0.1) is 5.92 Å². The molecule has 0 aliphatic heterocycles. The monoisotopic (exact) mass is 331 g/mol. The van der Waals surface area contributed by atoms with Crippen LogP contribution in [-0.2, 0) is 4.79 Å². The first kappa shape index (κ1) is 17.7. The fraction of sp³-hybridized carbons (Fsp3) is 0.462. The highest BCUT2D eigenvalue weighted by atomic mass is 35.5. The van der Waals surface area contributed by atoms with Crippen molar-refractivity contribution in [2.45, 2.75) is 31.7 Å². The van der Waals surface area contributed by atoms with Gasteiger partial charge in [-0.05, 0) is 31.4 Å². The SMILES string of the molecule is Cl.Cl.NC1CCCC(C(=O)Nc2nnc3ccccn23)C1. The van der Waals surface area contributed by atoms with E-state index in [1.165, 1.54) is 0 Å². The number of pyridine rings is 1. The summed E-state index contributed by atoms with van der Waals surface area (Å²) >= 11 is 0. The first-order chi connectivity index (χ1) is 9.24. The summed E-state index contributed by atoms with van der Waals surface area (Å²) in [6.45, 7) is 0. The number of hydrogen-bond acceptors (Lipinski definition) is 4. The number of carbonyl (C=O) groups excluding carboxylic acids is 1. The lowest BCUT2D eigenvalue weighted by Crippen LogP contribution is -2.34. The highest BCUT2D eigenvalue weighted by Gasteiger charge is 2.26. The normalized spacial score (nSPS) is 21.2. The fourth-order valence-electron chi connectivity index (χ4n) is 2.60. The van der Waals surface area contributed by atoms with E-state index in [0.717, 1.165) is 31.3 Å². The van der Waals surface area contributed by atoms with E-state index >= 15 is 0 Å². The molecule has 0 radical (unpaired) electrons. The summed E-state index contributed by atoms with van der Waals surface area (Å²) in [5.74, 6) is 0.452. The topological polar surface area (TPSA) is 85.3 Å². The van der Waals surface area contributed by atoms with Crippen molar-refractivity contribution in [3.8, 4) is 0 Å². The highest BCUT2D eigenvalue weighted by Crippen LogP contribution is 2.24. The molecule has 21 heavy (non-hydrogen) atoms. The van der Waals surface area contributed by atoms with Gasteiger partial charge < -0.3 is 5.73 Å². The van der Waals surface area contributed by atoms with Crippen molar-refractivity contribution in [3.63, 3.8) is 0 Å². The van der Waals surface area contributed by atoms with Crippen LogP contribution in [0.2, 0.25) is 0 Å². The summed E-state index contributed by atoms with van der Waals surface area (Å²) in [7, 11) is 0. The molecule has 3 N–H and O–H groups in total. The average molecular weight is 332 g/mol. The predicted octanol–water partition coefficient (Wildman–Crippen LogP) is 2.03. The first-order valence-corrected chi connectivity index (χ1v) is 6.60.